The molecule has 5 heteroatoms. The molecule has 0 unspecified atom stereocenters. The normalized spacial score (nSPS) is 10.5. The van der Waals surface area contributed by atoms with Gasteiger partial charge in [0, 0.05) is 22.8 Å². The van der Waals surface area contributed by atoms with Crippen molar-refractivity contribution in [2.24, 2.45) is 0 Å². The lowest BCUT2D eigenvalue weighted by Crippen LogP contribution is -2.20. The molecular weight excluding hydrogens is 268 g/mol. The van der Waals surface area contributed by atoms with Gasteiger partial charge in [0.2, 0.25) is 0 Å². The van der Waals surface area contributed by atoms with E-state index in [0.29, 0.717) is 11.4 Å². The zero-order valence-corrected chi connectivity index (χ0v) is 11.2. The average molecular weight is 282 g/mol. The molecule has 1 amide bonds. The summed E-state index contributed by atoms with van der Waals surface area (Å²) in [4.78, 5) is 14.9. The number of hydrogen-bond acceptors (Lipinski definition) is 3. The van der Waals surface area contributed by atoms with E-state index in [4.69, 9.17) is 4.74 Å². The van der Waals surface area contributed by atoms with Crippen LogP contribution >= 0.6 is 0 Å². The van der Waals surface area contributed by atoms with Crippen molar-refractivity contribution in [3.8, 4) is 11.5 Å². The summed E-state index contributed by atoms with van der Waals surface area (Å²) < 4.78 is 5.55. The third-order valence-electron chi connectivity index (χ3n) is 3.06. The van der Waals surface area contributed by atoms with Gasteiger partial charge in [-0.2, -0.15) is 0 Å². The van der Waals surface area contributed by atoms with Gasteiger partial charge >= 0.3 is 0 Å². The lowest BCUT2D eigenvalue weighted by atomic mass is 10.2. The highest BCUT2D eigenvalue weighted by atomic mass is 16.5. The van der Waals surface area contributed by atoms with Gasteiger partial charge in [-0.05, 0) is 42.5 Å². The monoisotopic (exact) mass is 282 g/mol. The summed E-state index contributed by atoms with van der Waals surface area (Å²) in [6, 6.07) is 13.8. The van der Waals surface area contributed by atoms with Crippen LogP contribution in [0.1, 0.15) is 0 Å². The summed E-state index contributed by atoms with van der Waals surface area (Å²) in [7, 11) is 0. The van der Waals surface area contributed by atoms with Crippen LogP contribution in [0.3, 0.4) is 0 Å². The van der Waals surface area contributed by atoms with E-state index in [1.807, 2.05) is 30.5 Å². The second kappa shape index (κ2) is 5.58. The van der Waals surface area contributed by atoms with Gasteiger partial charge in [0.1, 0.15) is 11.5 Å². The summed E-state index contributed by atoms with van der Waals surface area (Å²) in [6.45, 7) is -0.0782. The molecule has 5 nitrogen and oxygen atoms in total. The summed E-state index contributed by atoms with van der Waals surface area (Å²) in [5.41, 5.74) is 1.58. The number of carbonyl (C=O) groups is 1. The topological polar surface area (TPSA) is 74.4 Å². The predicted octanol–water partition coefficient (Wildman–Crippen LogP) is 2.89. The number of aromatic amines is 1. The molecule has 0 spiro atoms. The predicted molar refractivity (Wildman–Crippen MR) is 80.5 cm³/mol. The maximum Gasteiger partial charge on any atom is 0.262 e. The Morgan fingerprint density at radius 2 is 1.95 bits per heavy atom. The molecule has 0 radical (unpaired) electrons. The van der Waals surface area contributed by atoms with Gasteiger partial charge in [0.25, 0.3) is 5.91 Å². The van der Waals surface area contributed by atoms with Gasteiger partial charge in [-0.25, -0.2) is 0 Å². The molecule has 106 valence electrons. The van der Waals surface area contributed by atoms with E-state index >= 15 is 0 Å². The van der Waals surface area contributed by atoms with Crippen LogP contribution in [0.4, 0.5) is 5.69 Å². The molecule has 3 N–H and O–H groups in total. The molecule has 0 fully saturated rings. The fourth-order valence-electron chi connectivity index (χ4n) is 2.07. The first kappa shape index (κ1) is 13.1. The first-order valence-electron chi connectivity index (χ1n) is 6.50. The molecule has 3 aromatic rings. The van der Waals surface area contributed by atoms with Gasteiger partial charge in [0.05, 0.1) is 0 Å². The first-order chi connectivity index (χ1) is 10.2. The van der Waals surface area contributed by atoms with Crippen molar-refractivity contribution in [2.45, 2.75) is 0 Å². The summed E-state index contributed by atoms with van der Waals surface area (Å²) in [5, 5.41) is 12.8. The summed E-state index contributed by atoms with van der Waals surface area (Å²) >= 11 is 0. The molecule has 0 aliphatic carbocycles. The second-order valence-corrected chi connectivity index (χ2v) is 4.58. The van der Waals surface area contributed by atoms with Crippen LogP contribution in [-0.4, -0.2) is 22.6 Å². The van der Waals surface area contributed by atoms with Crippen molar-refractivity contribution >= 4 is 22.5 Å². The molecule has 0 aliphatic heterocycles. The zero-order valence-electron chi connectivity index (χ0n) is 11.2. The number of aromatic nitrogens is 1. The van der Waals surface area contributed by atoms with Crippen LogP contribution in [0, 0.1) is 0 Å². The maximum absolute atomic E-state index is 11.8. The molecule has 0 saturated heterocycles. The van der Waals surface area contributed by atoms with Crippen LogP contribution in [0.25, 0.3) is 10.9 Å². The van der Waals surface area contributed by atoms with E-state index in [1.165, 1.54) is 12.1 Å². The Bertz CT molecular complexity index is 763. The molecule has 1 aromatic heterocycles. The number of phenolic OH excluding ortho intramolecular Hbond substituents is 1. The number of fused-ring (bicyclic) bond motifs is 1. The number of anilines is 1. The molecule has 0 bridgehead atoms. The van der Waals surface area contributed by atoms with E-state index in [0.717, 1.165) is 10.9 Å². The third kappa shape index (κ3) is 2.97. The molecule has 0 atom stereocenters. The highest BCUT2D eigenvalue weighted by Crippen LogP contribution is 2.24. The van der Waals surface area contributed by atoms with Gasteiger partial charge < -0.3 is 20.1 Å². The molecule has 3 rings (SSSR count). The van der Waals surface area contributed by atoms with Crippen LogP contribution in [0.2, 0.25) is 0 Å². The number of rotatable bonds is 4. The minimum absolute atomic E-state index is 0.0782. The molecule has 21 heavy (non-hydrogen) atoms. The van der Waals surface area contributed by atoms with Crippen LogP contribution in [0.5, 0.6) is 11.5 Å². The van der Waals surface area contributed by atoms with Crippen molar-refractivity contribution in [3.05, 3.63) is 54.7 Å². The van der Waals surface area contributed by atoms with E-state index in [-0.39, 0.29) is 18.3 Å². The number of hydrogen-bond donors (Lipinski definition) is 3. The van der Waals surface area contributed by atoms with Crippen molar-refractivity contribution in [2.75, 3.05) is 11.9 Å². The highest BCUT2D eigenvalue weighted by Gasteiger charge is 2.06. The van der Waals surface area contributed by atoms with Gasteiger partial charge in [0.15, 0.2) is 6.61 Å². The second-order valence-electron chi connectivity index (χ2n) is 4.58. The fourth-order valence-corrected chi connectivity index (χ4v) is 2.07. The van der Waals surface area contributed by atoms with E-state index < -0.39 is 0 Å². The minimum atomic E-state index is -0.256. The summed E-state index contributed by atoms with van der Waals surface area (Å²) in [5.74, 6) is 0.561. The Morgan fingerprint density at radius 3 is 2.76 bits per heavy atom. The van der Waals surface area contributed by atoms with Crippen LogP contribution in [0.15, 0.2) is 54.7 Å². The van der Waals surface area contributed by atoms with Crippen molar-refractivity contribution in [1.29, 1.82) is 0 Å². The molecule has 0 aliphatic rings. The van der Waals surface area contributed by atoms with Gasteiger partial charge in [-0.1, -0.05) is 6.07 Å². The van der Waals surface area contributed by atoms with Crippen molar-refractivity contribution in [3.63, 3.8) is 0 Å². The molecule has 1 heterocycles. The third-order valence-corrected chi connectivity index (χ3v) is 3.06. The number of ether oxygens (including phenoxy) is 1. The average Bonchev–Trinajstić information content (AvgIpc) is 2.96. The number of amides is 1. The Hall–Kier alpha value is -2.95. The highest BCUT2D eigenvalue weighted by molar-refractivity contribution is 5.92. The van der Waals surface area contributed by atoms with Gasteiger partial charge in [-0.3, -0.25) is 4.79 Å². The number of benzene rings is 2. The van der Waals surface area contributed by atoms with E-state index in [1.54, 1.807) is 12.1 Å². The van der Waals surface area contributed by atoms with E-state index in [9.17, 15) is 9.90 Å². The summed E-state index contributed by atoms with van der Waals surface area (Å²) in [6.07, 6.45) is 1.83. The number of aromatic hydroxyl groups is 1. The van der Waals surface area contributed by atoms with E-state index in [2.05, 4.69) is 10.3 Å². The van der Waals surface area contributed by atoms with Crippen LogP contribution < -0.4 is 10.1 Å². The SMILES string of the molecule is O=C(COc1cccc2[nH]ccc12)Nc1ccc(O)cc1. The minimum Gasteiger partial charge on any atom is -0.508 e. The Labute approximate surface area is 121 Å². The van der Waals surface area contributed by atoms with Crippen LogP contribution in [-0.2, 0) is 4.79 Å². The number of nitrogens with one attached hydrogen (secondary N) is 2. The van der Waals surface area contributed by atoms with Crippen molar-refractivity contribution < 1.29 is 14.6 Å². The number of H-pyrrole nitrogens is 1. The lowest BCUT2D eigenvalue weighted by Gasteiger charge is -2.08. The smallest absolute Gasteiger partial charge is 0.262 e. The maximum atomic E-state index is 11.8. The fraction of sp³-hybridized carbons (Fsp3) is 0.0625. The largest absolute Gasteiger partial charge is 0.508 e. The number of phenols is 1. The standard InChI is InChI=1S/C16H14N2O3/c19-12-6-4-11(5-7-12)18-16(20)10-21-15-3-1-2-14-13(15)8-9-17-14/h1-9,17,19H,10H2,(H,18,20). The molecule has 2 aromatic carbocycles. The lowest BCUT2D eigenvalue weighted by molar-refractivity contribution is -0.118. The quantitative estimate of drug-likeness (QED) is 0.644. The molecular formula is C16H14N2O3. The zero-order chi connectivity index (χ0) is 14.7. The Balaban J connectivity index is 1.63. The molecule has 0 saturated carbocycles. The number of carbonyl (C=O) groups excluding carboxylic acids is 1. The Kier molecular flexibility index (Phi) is 3.47. The first-order valence-corrected chi connectivity index (χ1v) is 6.50. The van der Waals surface area contributed by atoms with Gasteiger partial charge in [-0.15, -0.1) is 0 Å². The Morgan fingerprint density at radius 1 is 1.14 bits per heavy atom. The van der Waals surface area contributed by atoms with Crippen molar-refractivity contribution in [1.82, 2.24) is 4.98 Å².